The molecule has 0 saturated carbocycles. The minimum absolute atomic E-state index is 0.980. The molecule has 3 N–H and O–H groups in total. The third kappa shape index (κ3) is 1.91. The monoisotopic (exact) mass is 171 g/mol. The molecule has 3 nitrogen and oxygen atoms in total. The molecule has 0 atom stereocenters. The fourth-order valence-electron chi connectivity index (χ4n) is 0.907. The number of hydrazine groups is 1. The Kier molecular flexibility index (Phi) is 2.84. The summed E-state index contributed by atoms with van der Waals surface area (Å²) in [5, 5.41) is 2.14. The van der Waals surface area contributed by atoms with Gasteiger partial charge in [-0.1, -0.05) is 6.92 Å². The number of nitrogen functional groups attached to an aromatic ring is 1. The van der Waals surface area contributed by atoms with Gasteiger partial charge in [0, 0.05) is 0 Å². The van der Waals surface area contributed by atoms with Crippen LogP contribution in [-0.2, 0) is 6.42 Å². The SMILES string of the molecule is CCCc1nc(C)c(NN)s1. The minimum Gasteiger partial charge on any atom is -0.314 e. The van der Waals surface area contributed by atoms with Gasteiger partial charge in [0.25, 0.3) is 0 Å². The molecule has 0 aliphatic heterocycles. The highest BCUT2D eigenvalue weighted by molar-refractivity contribution is 7.15. The van der Waals surface area contributed by atoms with Crippen molar-refractivity contribution in [1.29, 1.82) is 0 Å². The summed E-state index contributed by atoms with van der Waals surface area (Å²) < 4.78 is 0. The molecule has 0 aromatic carbocycles. The van der Waals surface area contributed by atoms with Crippen molar-refractivity contribution < 1.29 is 0 Å². The quantitative estimate of drug-likeness (QED) is 0.537. The highest BCUT2D eigenvalue weighted by atomic mass is 32.1. The number of aryl methyl sites for hydroxylation is 2. The van der Waals surface area contributed by atoms with Crippen LogP contribution in [0.25, 0.3) is 0 Å². The maximum atomic E-state index is 5.28. The zero-order valence-corrected chi connectivity index (χ0v) is 7.66. The van der Waals surface area contributed by atoms with Gasteiger partial charge in [-0.2, -0.15) is 0 Å². The average Bonchev–Trinajstić information content (AvgIpc) is 2.32. The Morgan fingerprint density at radius 1 is 1.64 bits per heavy atom. The summed E-state index contributed by atoms with van der Waals surface area (Å²) in [5.74, 6) is 5.28. The topological polar surface area (TPSA) is 50.9 Å². The first-order valence-corrected chi connectivity index (χ1v) is 4.52. The van der Waals surface area contributed by atoms with Gasteiger partial charge in [-0.15, -0.1) is 11.3 Å². The van der Waals surface area contributed by atoms with Crippen molar-refractivity contribution >= 4 is 16.3 Å². The second-order valence-electron chi connectivity index (χ2n) is 2.42. The summed E-state index contributed by atoms with van der Waals surface area (Å²) >= 11 is 1.64. The van der Waals surface area contributed by atoms with Gasteiger partial charge in [0.05, 0.1) is 10.7 Å². The molecular weight excluding hydrogens is 158 g/mol. The largest absolute Gasteiger partial charge is 0.314 e. The Balaban J connectivity index is 2.77. The maximum absolute atomic E-state index is 5.28. The number of hydrogen-bond donors (Lipinski definition) is 2. The van der Waals surface area contributed by atoms with E-state index in [1.54, 1.807) is 11.3 Å². The Hall–Kier alpha value is -0.610. The molecule has 1 aromatic rings. The van der Waals surface area contributed by atoms with E-state index in [0.717, 1.165) is 28.5 Å². The van der Waals surface area contributed by atoms with Crippen molar-refractivity contribution in [2.45, 2.75) is 26.7 Å². The van der Waals surface area contributed by atoms with Gasteiger partial charge in [0.15, 0.2) is 0 Å². The van der Waals surface area contributed by atoms with E-state index in [-0.39, 0.29) is 0 Å². The zero-order chi connectivity index (χ0) is 8.27. The summed E-state index contributed by atoms with van der Waals surface area (Å²) in [6, 6.07) is 0. The lowest BCUT2D eigenvalue weighted by Crippen LogP contribution is -2.05. The van der Waals surface area contributed by atoms with Crippen molar-refractivity contribution in [1.82, 2.24) is 4.98 Å². The first-order valence-electron chi connectivity index (χ1n) is 3.70. The Bertz CT molecular complexity index is 232. The lowest BCUT2D eigenvalue weighted by Gasteiger charge is -1.91. The van der Waals surface area contributed by atoms with Gasteiger partial charge in [-0.25, -0.2) is 10.8 Å². The molecule has 0 radical (unpaired) electrons. The predicted molar refractivity (Wildman–Crippen MR) is 48.7 cm³/mol. The normalized spacial score (nSPS) is 10.1. The molecule has 0 bridgehead atoms. The van der Waals surface area contributed by atoms with E-state index in [0.29, 0.717) is 0 Å². The van der Waals surface area contributed by atoms with Gasteiger partial charge < -0.3 is 5.43 Å². The van der Waals surface area contributed by atoms with Crippen molar-refractivity contribution in [3.05, 3.63) is 10.7 Å². The Morgan fingerprint density at radius 3 is 2.82 bits per heavy atom. The summed E-state index contributed by atoms with van der Waals surface area (Å²) in [7, 11) is 0. The molecule has 0 spiro atoms. The van der Waals surface area contributed by atoms with Gasteiger partial charge >= 0.3 is 0 Å². The van der Waals surface area contributed by atoms with Gasteiger partial charge in [-0.3, -0.25) is 0 Å². The number of nitrogens with zero attached hydrogens (tertiary/aromatic N) is 1. The van der Waals surface area contributed by atoms with Crippen LogP contribution in [0.1, 0.15) is 24.0 Å². The first kappa shape index (κ1) is 8.49. The van der Waals surface area contributed by atoms with Crippen molar-refractivity contribution in [2.24, 2.45) is 5.84 Å². The van der Waals surface area contributed by atoms with Crippen molar-refractivity contribution in [3.8, 4) is 0 Å². The van der Waals surface area contributed by atoms with Gasteiger partial charge in [0.2, 0.25) is 0 Å². The number of anilines is 1. The fourth-order valence-corrected chi connectivity index (χ4v) is 1.88. The number of nitrogens with two attached hydrogens (primary N) is 1. The van der Waals surface area contributed by atoms with E-state index in [2.05, 4.69) is 17.3 Å². The zero-order valence-electron chi connectivity index (χ0n) is 6.85. The molecule has 0 fully saturated rings. The summed E-state index contributed by atoms with van der Waals surface area (Å²) in [5.41, 5.74) is 3.63. The maximum Gasteiger partial charge on any atom is 0.126 e. The molecule has 1 heterocycles. The van der Waals surface area contributed by atoms with Crippen LogP contribution in [0.5, 0.6) is 0 Å². The van der Waals surface area contributed by atoms with E-state index < -0.39 is 0 Å². The molecule has 1 aromatic heterocycles. The van der Waals surface area contributed by atoms with Crippen LogP contribution in [0.2, 0.25) is 0 Å². The molecular formula is C7H13N3S. The molecule has 1 rings (SSSR count). The van der Waals surface area contributed by atoms with Crippen LogP contribution in [0, 0.1) is 6.92 Å². The van der Waals surface area contributed by atoms with Crippen LogP contribution in [0.4, 0.5) is 5.00 Å². The molecule has 0 unspecified atom stereocenters. The number of aromatic nitrogens is 1. The number of thiazole rings is 1. The molecule has 4 heteroatoms. The van der Waals surface area contributed by atoms with E-state index in [4.69, 9.17) is 5.84 Å². The van der Waals surface area contributed by atoms with Crippen LogP contribution >= 0.6 is 11.3 Å². The van der Waals surface area contributed by atoms with Crippen molar-refractivity contribution in [3.63, 3.8) is 0 Å². The van der Waals surface area contributed by atoms with Crippen molar-refractivity contribution in [2.75, 3.05) is 5.43 Å². The van der Waals surface area contributed by atoms with E-state index in [9.17, 15) is 0 Å². The standard InChI is InChI=1S/C7H13N3S/c1-3-4-6-9-5(2)7(10-8)11-6/h10H,3-4,8H2,1-2H3. The van der Waals surface area contributed by atoms with Gasteiger partial charge in [0.1, 0.15) is 5.00 Å². The lowest BCUT2D eigenvalue weighted by atomic mass is 10.3. The first-order chi connectivity index (χ1) is 5.27. The van der Waals surface area contributed by atoms with Crippen LogP contribution in [-0.4, -0.2) is 4.98 Å². The molecule has 62 valence electrons. The Morgan fingerprint density at radius 2 is 2.36 bits per heavy atom. The molecule has 0 amide bonds. The third-order valence-electron chi connectivity index (χ3n) is 1.44. The molecule has 0 aliphatic rings. The van der Waals surface area contributed by atoms with Crippen LogP contribution < -0.4 is 11.3 Å². The summed E-state index contributed by atoms with van der Waals surface area (Å²) in [4.78, 5) is 4.35. The van der Waals surface area contributed by atoms with E-state index in [1.165, 1.54) is 0 Å². The minimum atomic E-state index is 0.980. The van der Waals surface area contributed by atoms with Crippen LogP contribution in [0.15, 0.2) is 0 Å². The van der Waals surface area contributed by atoms with E-state index >= 15 is 0 Å². The van der Waals surface area contributed by atoms with Gasteiger partial charge in [-0.05, 0) is 19.8 Å². The number of rotatable bonds is 3. The second kappa shape index (κ2) is 3.69. The van der Waals surface area contributed by atoms with E-state index in [1.807, 2.05) is 6.92 Å². The molecule has 0 saturated heterocycles. The summed E-state index contributed by atoms with van der Waals surface area (Å²) in [6.45, 7) is 4.11. The fraction of sp³-hybridized carbons (Fsp3) is 0.571. The average molecular weight is 171 g/mol. The third-order valence-corrected chi connectivity index (χ3v) is 2.58. The number of hydrogen-bond acceptors (Lipinski definition) is 4. The highest BCUT2D eigenvalue weighted by Gasteiger charge is 2.03. The Labute approximate surface area is 70.6 Å². The predicted octanol–water partition coefficient (Wildman–Crippen LogP) is 1.69. The lowest BCUT2D eigenvalue weighted by molar-refractivity contribution is 0.903. The smallest absolute Gasteiger partial charge is 0.126 e. The summed E-state index contributed by atoms with van der Waals surface area (Å²) in [6.07, 6.45) is 2.18. The second-order valence-corrected chi connectivity index (χ2v) is 3.50. The van der Waals surface area contributed by atoms with Crippen LogP contribution in [0.3, 0.4) is 0 Å². The highest BCUT2D eigenvalue weighted by Crippen LogP contribution is 2.23. The molecule has 0 aliphatic carbocycles. The molecule has 11 heavy (non-hydrogen) atoms. The number of nitrogens with one attached hydrogen (secondary N) is 1.